The van der Waals surface area contributed by atoms with Crippen LogP contribution in [0.2, 0.25) is 0 Å². The van der Waals surface area contributed by atoms with Gasteiger partial charge in [0.1, 0.15) is 5.76 Å². The molecule has 1 aliphatic heterocycles. The fourth-order valence-corrected chi connectivity index (χ4v) is 3.22. The topological polar surface area (TPSA) is 99.2 Å². The molecule has 8 nitrogen and oxygen atoms in total. The summed E-state index contributed by atoms with van der Waals surface area (Å²) in [5, 5.41) is 4.10. The summed E-state index contributed by atoms with van der Waals surface area (Å²) >= 11 is 0. The summed E-state index contributed by atoms with van der Waals surface area (Å²) in [6.45, 7) is 6.98. The SMILES string of the molecule is CCc1cnc(NS(=O)(=O)c2cnn3c2OCC(C)(C)C3)o1. The quantitative estimate of drug-likeness (QED) is 0.917. The molecule has 9 heteroatoms. The predicted molar refractivity (Wildman–Crippen MR) is 78.2 cm³/mol. The van der Waals surface area contributed by atoms with Crippen molar-refractivity contribution in [3.05, 3.63) is 18.2 Å². The Balaban J connectivity index is 1.89. The van der Waals surface area contributed by atoms with Crippen LogP contribution in [0.3, 0.4) is 0 Å². The van der Waals surface area contributed by atoms with Crippen molar-refractivity contribution in [3.8, 4) is 5.88 Å². The Morgan fingerprint density at radius 2 is 2.18 bits per heavy atom. The molecule has 0 spiro atoms. The van der Waals surface area contributed by atoms with E-state index in [1.165, 1.54) is 12.4 Å². The molecular formula is C13H18N4O4S. The number of rotatable bonds is 4. The number of sulfonamides is 1. The van der Waals surface area contributed by atoms with Crippen molar-refractivity contribution < 1.29 is 17.6 Å². The Bertz CT molecular complexity index is 791. The van der Waals surface area contributed by atoms with E-state index in [9.17, 15) is 8.42 Å². The van der Waals surface area contributed by atoms with E-state index in [0.29, 0.717) is 25.3 Å². The molecule has 0 aromatic carbocycles. The Morgan fingerprint density at radius 1 is 1.41 bits per heavy atom. The first kappa shape index (κ1) is 14.9. The standard InChI is InChI=1S/C13H18N4O4S/c1-4-9-5-14-12(21-9)16-22(18,19)10-6-15-17-7-13(2,3)8-20-11(10)17/h5-6H,4,7-8H2,1-3H3,(H,14,16). The van der Waals surface area contributed by atoms with Gasteiger partial charge in [-0.1, -0.05) is 20.8 Å². The van der Waals surface area contributed by atoms with Crippen molar-refractivity contribution in [2.24, 2.45) is 5.41 Å². The maximum absolute atomic E-state index is 12.4. The number of aryl methyl sites for hydroxylation is 1. The molecule has 0 unspecified atom stereocenters. The van der Waals surface area contributed by atoms with Crippen molar-refractivity contribution in [1.29, 1.82) is 0 Å². The van der Waals surface area contributed by atoms with E-state index in [4.69, 9.17) is 9.15 Å². The highest BCUT2D eigenvalue weighted by Gasteiger charge is 2.33. The summed E-state index contributed by atoms with van der Waals surface area (Å²) < 4.78 is 39.6. The van der Waals surface area contributed by atoms with Gasteiger partial charge in [-0.2, -0.15) is 5.10 Å². The third-order valence-corrected chi connectivity index (χ3v) is 4.65. The lowest BCUT2D eigenvalue weighted by molar-refractivity contribution is 0.0971. The minimum Gasteiger partial charge on any atom is -0.476 e. The summed E-state index contributed by atoms with van der Waals surface area (Å²) in [6, 6.07) is -0.0621. The molecule has 0 bridgehead atoms. The average molecular weight is 326 g/mol. The van der Waals surface area contributed by atoms with Gasteiger partial charge >= 0.3 is 6.01 Å². The molecule has 1 aliphatic rings. The van der Waals surface area contributed by atoms with Gasteiger partial charge in [0, 0.05) is 11.8 Å². The van der Waals surface area contributed by atoms with Crippen LogP contribution < -0.4 is 9.46 Å². The minimum atomic E-state index is -3.86. The maximum atomic E-state index is 12.4. The summed E-state index contributed by atoms with van der Waals surface area (Å²) in [6.07, 6.45) is 3.41. The summed E-state index contributed by atoms with van der Waals surface area (Å²) in [5.41, 5.74) is -0.0912. The van der Waals surface area contributed by atoms with Gasteiger partial charge < -0.3 is 9.15 Å². The van der Waals surface area contributed by atoms with Gasteiger partial charge in [0.2, 0.25) is 5.88 Å². The van der Waals surface area contributed by atoms with E-state index in [1.807, 2.05) is 20.8 Å². The number of nitrogens with zero attached hydrogens (tertiary/aromatic N) is 3. The van der Waals surface area contributed by atoms with E-state index < -0.39 is 10.0 Å². The molecule has 0 saturated heterocycles. The van der Waals surface area contributed by atoms with E-state index >= 15 is 0 Å². The lowest BCUT2D eigenvalue weighted by Gasteiger charge is -2.30. The Hall–Kier alpha value is -2.03. The highest BCUT2D eigenvalue weighted by Crippen LogP contribution is 2.33. The first-order valence-electron chi connectivity index (χ1n) is 6.97. The van der Waals surface area contributed by atoms with Gasteiger partial charge in [0.05, 0.1) is 25.5 Å². The van der Waals surface area contributed by atoms with Crippen LogP contribution in [0.25, 0.3) is 0 Å². The molecule has 3 heterocycles. The number of anilines is 1. The van der Waals surface area contributed by atoms with Crippen molar-refractivity contribution in [2.45, 2.75) is 38.6 Å². The number of aromatic nitrogens is 3. The number of hydrogen-bond donors (Lipinski definition) is 1. The summed E-state index contributed by atoms with van der Waals surface area (Å²) in [5.74, 6) is 0.849. The van der Waals surface area contributed by atoms with Crippen molar-refractivity contribution in [1.82, 2.24) is 14.8 Å². The van der Waals surface area contributed by atoms with Crippen LogP contribution in [0.1, 0.15) is 26.5 Å². The van der Waals surface area contributed by atoms with Gasteiger partial charge in [-0.25, -0.2) is 22.8 Å². The van der Waals surface area contributed by atoms with Gasteiger partial charge in [-0.15, -0.1) is 0 Å². The largest absolute Gasteiger partial charge is 0.476 e. The minimum absolute atomic E-state index is 0.0146. The molecule has 2 aromatic heterocycles. The molecule has 120 valence electrons. The number of nitrogens with one attached hydrogen (secondary N) is 1. The van der Waals surface area contributed by atoms with Gasteiger partial charge in [-0.05, 0) is 0 Å². The zero-order valence-corrected chi connectivity index (χ0v) is 13.5. The van der Waals surface area contributed by atoms with Gasteiger partial charge in [0.25, 0.3) is 10.0 Å². The maximum Gasteiger partial charge on any atom is 0.309 e. The number of oxazole rings is 1. The third kappa shape index (κ3) is 2.68. The monoisotopic (exact) mass is 326 g/mol. The molecule has 2 aromatic rings. The molecule has 0 radical (unpaired) electrons. The van der Waals surface area contributed by atoms with Crippen molar-refractivity contribution in [2.75, 3.05) is 11.3 Å². The number of ether oxygens (including phenoxy) is 1. The number of hydrogen-bond acceptors (Lipinski definition) is 6. The molecule has 3 rings (SSSR count). The molecular weight excluding hydrogens is 308 g/mol. The Morgan fingerprint density at radius 3 is 2.86 bits per heavy atom. The summed E-state index contributed by atoms with van der Waals surface area (Å²) in [7, 11) is -3.86. The zero-order valence-electron chi connectivity index (χ0n) is 12.7. The van der Waals surface area contributed by atoms with Crippen LogP contribution in [0, 0.1) is 5.41 Å². The van der Waals surface area contributed by atoms with E-state index in [-0.39, 0.29) is 22.2 Å². The van der Waals surface area contributed by atoms with Crippen molar-refractivity contribution in [3.63, 3.8) is 0 Å². The second kappa shape index (κ2) is 5.01. The van der Waals surface area contributed by atoms with Crippen LogP contribution in [-0.4, -0.2) is 29.8 Å². The molecule has 0 saturated carbocycles. The van der Waals surface area contributed by atoms with E-state index in [2.05, 4.69) is 14.8 Å². The van der Waals surface area contributed by atoms with Crippen LogP contribution in [0.4, 0.5) is 6.01 Å². The predicted octanol–water partition coefficient (Wildman–Crippen LogP) is 1.65. The van der Waals surface area contributed by atoms with Gasteiger partial charge in [0.15, 0.2) is 4.90 Å². The normalized spacial score (nSPS) is 16.9. The third-order valence-electron chi connectivity index (χ3n) is 3.35. The lowest BCUT2D eigenvalue weighted by atomic mass is 9.94. The molecule has 0 amide bonds. The second-order valence-corrected chi connectivity index (χ2v) is 7.67. The van der Waals surface area contributed by atoms with E-state index in [1.54, 1.807) is 4.68 Å². The average Bonchev–Trinajstić information content (AvgIpc) is 3.03. The van der Waals surface area contributed by atoms with Crippen molar-refractivity contribution >= 4 is 16.0 Å². The highest BCUT2D eigenvalue weighted by atomic mass is 32.2. The molecule has 0 fully saturated rings. The lowest BCUT2D eigenvalue weighted by Crippen LogP contribution is -2.33. The van der Waals surface area contributed by atoms with E-state index in [0.717, 1.165) is 0 Å². The summed E-state index contributed by atoms with van der Waals surface area (Å²) in [4.78, 5) is 3.88. The molecule has 0 atom stereocenters. The van der Waals surface area contributed by atoms with Crippen LogP contribution in [-0.2, 0) is 23.0 Å². The van der Waals surface area contributed by atoms with Crippen LogP contribution >= 0.6 is 0 Å². The first-order chi connectivity index (χ1) is 10.3. The fourth-order valence-electron chi connectivity index (χ4n) is 2.20. The highest BCUT2D eigenvalue weighted by molar-refractivity contribution is 7.92. The Labute approximate surface area is 128 Å². The molecule has 1 N–H and O–H groups in total. The molecule has 22 heavy (non-hydrogen) atoms. The first-order valence-corrected chi connectivity index (χ1v) is 8.45. The fraction of sp³-hybridized carbons (Fsp3) is 0.538. The van der Waals surface area contributed by atoms with Crippen LogP contribution in [0.15, 0.2) is 21.7 Å². The second-order valence-electron chi connectivity index (χ2n) is 6.02. The smallest absolute Gasteiger partial charge is 0.309 e. The van der Waals surface area contributed by atoms with Crippen LogP contribution in [0.5, 0.6) is 5.88 Å². The number of fused-ring (bicyclic) bond motifs is 1. The Kier molecular flexibility index (Phi) is 3.39. The zero-order chi connectivity index (χ0) is 16.0. The van der Waals surface area contributed by atoms with Gasteiger partial charge in [-0.3, -0.25) is 0 Å². The molecule has 0 aliphatic carbocycles.